The lowest BCUT2D eigenvalue weighted by Crippen LogP contribution is -2.16. The van der Waals surface area contributed by atoms with Crippen LogP contribution in [0, 0.1) is 6.92 Å². The molecular formula is C21H13ClF3N3O4. The first-order valence-corrected chi connectivity index (χ1v) is 9.41. The number of benzene rings is 2. The number of fused-ring (bicyclic) bond motifs is 1. The van der Waals surface area contributed by atoms with Crippen molar-refractivity contribution in [3.8, 4) is 28.8 Å². The van der Waals surface area contributed by atoms with Crippen molar-refractivity contribution in [1.82, 2.24) is 15.0 Å². The number of aromatic carboxylic acids is 1. The number of nitrogens with zero attached hydrogens (tertiary/aromatic N) is 2. The molecule has 2 aromatic heterocycles. The normalized spacial score (nSPS) is 11.5. The van der Waals surface area contributed by atoms with Gasteiger partial charge in [0.25, 0.3) is 0 Å². The van der Waals surface area contributed by atoms with Crippen molar-refractivity contribution in [2.75, 3.05) is 0 Å². The summed E-state index contributed by atoms with van der Waals surface area (Å²) in [5, 5.41) is 9.48. The Hall–Kier alpha value is -3.79. The molecule has 0 unspecified atom stereocenters. The third kappa shape index (κ3) is 4.59. The molecule has 0 amide bonds. The number of ether oxygens (including phenoxy) is 2. The molecule has 0 bridgehead atoms. The van der Waals surface area contributed by atoms with Crippen LogP contribution in [-0.2, 0) is 0 Å². The summed E-state index contributed by atoms with van der Waals surface area (Å²) >= 11 is 6.30. The molecule has 164 valence electrons. The maximum atomic E-state index is 12.3. The summed E-state index contributed by atoms with van der Waals surface area (Å²) in [6.07, 6.45) is -4.79. The molecule has 32 heavy (non-hydrogen) atoms. The molecule has 7 nitrogen and oxygen atoms in total. The Morgan fingerprint density at radius 2 is 1.75 bits per heavy atom. The second-order valence-electron chi connectivity index (χ2n) is 6.69. The molecule has 11 heteroatoms. The number of aryl methyl sites for hydroxylation is 1. The molecule has 0 atom stereocenters. The molecular weight excluding hydrogens is 451 g/mol. The highest BCUT2D eigenvalue weighted by Gasteiger charge is 2.31. The van der Waals surface area contributed by atoms with Crippen molar-refractivity contribution in [3.05, 3.63) is 64.7 Å². The van der Waals surface area contributed by atoms with Gasteiger partial charge in [0.1, 0.15) is 11.5 Å². The van der Waals surface area contributed by atoms with Crippen molar-refractivity contribution < 1.29 is 32.5 Å². The zero-order valence-corrected chi connectivity index (χ0v) is 17.0. The highest BCUT2D eigenvalue weighted by atomic mass is 35.5. The monoisotopic (exact) mass is 463 g/mol. The smallest absolute Gasteiger partial charge is 0.478 e. The van der Waals surface area contributed by atoms with Crippen LogP contribution in [0.1, 0.15) is 15.9 Å². The maximum Gasteiger partial charge on any atom is 0.573 e. The first-order chi connectivity index (χ1) is 15.1. The van der Waals surface area contributed by atoms with Crippen LogP contribution in [0.15, 0.2) is 48.5 Å². The van der Waals surface area contributed by atoms with Crippen LogP contribution in [0.3, 0.4) is 0 Å². The largest absolute Gasteiger partial charge is 0.573 e. The first kappa shape index (κ1) is 21.4. The summed E-state index contributed by atoms with van der Waals surface area (Å²) in [5.74, 6) is -1.19. The van der Waals surface area contributed by atoms with Gasteiger partial charge >= 0.3 is 18.3 Å². The third-order valence-corrected chi connectivity index (χ3v) is 4.71. The van der Waals surface area contributed by atoms with Crippen LogP contribution >= 0.6 is 11.6 Å². The summed E-state index contributed by atoms with van der Waals surface area (Å²) in [4.78, 5) is 22.8. The summed E-state index contributed by atoms with van der Waals surface area (Å²) in [7, 11) is 0. The van der Waals surface area contributed by atoms with Gasteiger partial charge in [0.05, 0.1) is 21.8 Å². The molecule has 0 saturated heterocycles. The Morgan fingerprint density at radius 3 is 2.41 bits per heavy atom. The van der Waals surface area contributed by atoms with Crippen LogP contribution in [0.2, 0.25) is 5.02 Å². The summed E-state index contributed by atoms with van der Waals surface area (Å²) in [6.45, 7) is 1.67. The number of H-pyrrole nitrogens is 1. The predicted octanol–water partition coefficient (Wildman–Crippen LogP) is 5.98. The minimum absolute atomic E-state index is 0.0647. The van der Waals surface area contributed by atoms with Crippen molar-refractivity contribution in [2.24, 2.45) is 0 Å². The summed E-state index contributed by atoms with van der Waals surface area (Å²) in [5.41, 5.74) is 2.15. The molecule has 0 spiro atoms. The lowest BCUT2D eigenvalue weighted by molar-refractivity contribution is -0.274. The van der Waals surface area contributed by atoms with Gasteiger partial charge in [-0.15, -0.1) is 13.2 Å². The van der Waals surface area contributed by atoms with E-state index < -0.39 is 12.3 Å². The van der Waals surface area contributed by atoms with Gasteiger partial charge in [0.2, 0.25) is 0 Å². The van der Waals surface area contributed by atoms with Gasteiger partial charge in [0.15, 0.2) is 5.65 Å². The number of aromatic nitrogens is 3. The molecule has 0 fully saturated rings. The van der Waals surface area contributed by atoms with E-state index in [1.165, 1.54) is 18.2 Å². The van der Waals surface area contributed by atoms with E-state index in [9.17, 15) is 23.1 Å². The van der Waals surface area contributed by atoms with Crippen LogP contribution in [-0.4, -0.2) is 32.4 Å². The topological polar surface area (TPSA) is 97.3 Å². The number of carboxylic acid groups (broad SMARTS) is 1. The average Bonchev–Trinajstić information content (AvgIpc) is 3.09. The zero-order chi connectivity index (χ0) is 23.0. The number of alkyl halides is 3. The number of aromatic amines is 1. The van der Waals surface area contributed by atoms with Crippen LogP contribution < -0.4 is 9.47 Å². The number of halogens is 4. The van der Waals surface area contributed by atoms with Crippen molar-refractivity contribution >= 4 is 28.7 Å². The molecule has 0 aliphatic heterocycles. The van der Waals surface area contributed by atoms with E-state index in [2.05, 4.69) is 19.7 Å². The lowest BCUT2D eigenvalue weighted by Gasteiger charge is -2.09. The van der Waals surface area contributed by atoms with Crippen LogP contribution in [0.4, 0.5) is 13.2 Å². The SMILES string of the molecule is Cc1ccc(Oc2nc3nc(-c4ccc(OC(F)(F)F)cc4)c(Cl)cc3[nH]2)cc1C(=O)O. The molecule has 2 heterocycles. The van der Waals surface area contributed by atoms with E-state index >= 15 is 0 Å². The van der Waals surface area contributed by atoms with Gasteiger partial charge in [0, 0.05) is 5.56 Å². The van der Waals surface area contributed by atoms with E-state index in [0.717, 1.165) is 12.1 Å². The van der Waals surface area contributed by atoms with Gasteiger partial charge in [-0.3, -0.25) is 0 Å². The molecule has 0 radical (unpaired) electrons. The molecule has 0 saturated carbocycles. The number of hydrogen-bond acceptors (Lipinski definition) is 5. The van der Waals surface area contributed by atoms with Gasteiger partial charge in [-0.05, 0) is 55.0 Å². The fourth-order valence-electron chi connectivity index (χ4n) is 2.97. The standard InChI is InChI=1S/C21H13ClF3N3O4/c1-10-2-5-13(8-14(10)19(29)30)31-20-26-16-9-15(22)17(27-18(16)28-20)11-3-6-12(7-4-11)32-21(23,24)25/h2-9H,1H3,(H,29,30)(H,26,27,28). The van der Waals surface area contributed by atoms with Gasteiger partial charge < -0.3 is 19.6 Å². The van der Waals surface area contributed by atoms with E-state index in [-0.39, 0.29) is 33.7 Å². The highest BCUT2D eigenvalue weighted by Crippen LogP contribution is 2.32. The summed E-state index contributed by atoms with van der Waals surface area (Å²) in [6, 6.07) is 11.3. The van der Waals surface area contributed by atoms with E-state index in [4.69, 9.17) is 16.3 Å². The first-order valence-electron chi connectivity index (χ1n) is 9.03. The molecule has 4 rings (SSSR count). The number of hydrogen-bond donors (Lipinski definition) is 2. The summed E-state index contributed by atoms with van der Waals surface area (Å²) < 4.78 is 46.5. The maximum absolute atomic E-state index is 12.3. The molecule has 0 aliphatic carbocycles. The molecule has 2 aromatic carbocycles. The Labute approximate surface area is 183 Å². The number of carbonyl (C=O) groups is 1. The van der Waals surface area contributed by atoms with E-state index in [1.54, 1.807) is 25.1 Å². The average molecular weight is 464 g/mol. The fraction of sp³-hybridized carbons (Fsp3) is 0.0952. The Kier molecular flexibility index (Phi) is 5.39. The molecule has 4 aromatic rings. The van der Waals surface area contributed by atoms with Gasteiger partial charge in [-0.25, -0.2) is 9.78 Å². The number of rotatable bonds is 5. The fourth-order valence-corrected chi connectivity index (χ4v) is 3.23. The Morgan fingerprint density at radius 1 is 1.06 bits per heavy atom. The highest BCUT2D eigenvalue weighted by molar-refractivity contribution is 6.33. The number of carboxylic acids is 1. The van der Waals surface area contributed by atoms with Gasteiger partial charge in [-0.1, -0.05) is 17.7 Å². The number of imidazole rings is 1. The lowest BCUT2D eigenvalue weighted by atomic mass is 10.1. The van der Waals surface area contributed by atoms with Crippen molar-refractivity contribution in [2.45, 2.75) is 13.3 Å². The van der Waals surface area contributed by atoms with Gasteiger partial charge in [-0.2, -0.15) is 4.98 Å². The molecule has 0 aliphatic rings. The minimum atomic E-state index is -4.79. The van der Waals surface area contributed by atoms with Crippen LogP contribution in [0.5, 0.6) is 17.5 Å². The third-order valence-electron chi connectivity index (χ3n) is 4.42. The zero-order valence-electron chi connectivity index (χ0n) is 16.2. The second kappa shape index (κ2) is 8.04. The van der Waals surface area contributed by atoms with Crippen molar-refractivity contribution in [3.63, 3.8) is 0 Å². The Bertz CT molecular complexity index is 1320. The van der Waals surface area contributed by atoms with E-state index in [0.29, 0.717) is 22.3 Å². The number of nitrogens with one attached hydrogen (secondary N) is 1. The quantitative estimate of drug-likeness (QED) is 0.378. The number of pyridine rings is 1. The Balaban J connectivity index is 1.62. The minimum Gasteiger partial charge on any atom is -0.478 e. The van der Waals surface area contributed by atoms with Crippen molar-refractivity contribution in [1.29, 1.82) is 0 Å². The predicted molar refractivity (Wildman–Crippen MR) is 109 cm³/mol. The van der Waals surface area contributed by atoms with Crippen LogP contribution in [0.25, 0.3) is 22.4 Å². The molecule has 2 N–H and O–H groups in total. The van der Waals surface area contributed by atoms with E-state index in [1.807, 2.05) is 0 Å². The second-order valence-corrected chi connectivity index (χ2v) is 7.10.